The summed E-state index contributed by atoms with van der Waals surface area (Å²) in [4.78, 5) is 17.6. The Kier molecular flexibility index (Phi) is 5.21. The molecule has 0 spiro atoms. The monoisotopic (exact) mass is 391 g/mol. The second kappa shape index (κ2) is 7.40. The molecule has 0 saturated heterocycles. The van der Waals surface area contributed by atoms with E-state index in [-0.39, 0.29) is 22.9 Å². The molecule has 0 radical (unpaired) electrons. The molecule has 1 aromatic carbocycles. The van der Waals surface area contributed by atoms with Crippen LogP contribution in [0.15, 0.2) is 57.4 Å². The van der Waals surface area contributed by atoms with Gasteiger partial charge in [-0.1, -0.05) is 12.1 Å². The van der Waals surface area contributed by atoms with Crippen LogP contribution >= 0.6 is 11.3 Å². The number of hydrogen-bond donors (Lipinski definition) is 1. The van der Waals surface area contributed by atoms with Gasteiger partial charge in [0.1, 0.15) is 6.26 Å². The second-order valence-corrected chi connectivity index (χ2v) is 8.72. The standard InChI is InChI=1S/C17H17N3O4S2/c1-20(2)26(22,23)14-6-3-5-12(9-14)16(21)18-10-13-11-24-17(19-13)15-7-4-8-25-15/h3-9,11H,10H2,1-2H3,(H,18,21). The van der Waals surface area contributed by atoms with E-state index in [0.717, 1.165) is 9.18 Å². The fourth-order valence-electron chi connectivity index (χ4n) is 2.18. The lowest BCUT2D eigenvalue weighted by atomic mass is 10.2. The number of benzene rings is 1. The summed E-state index contributed by atoms with van der Waals surface area (Å²) in [5, 5.41) is 4.64. The third-order valence-electron chi connectivity index (χ3n) is 3.59. The van der Waals surface area contributed by atoms with E-state index < -0.39 is 10.0 Å². The first kappa shape index (κ1) is 18.3. The van der Waals surface area contributed by atoms with Crippen LogP contribution in [0.5, 0.6) is 0 Å². The van der Waals surface area contributed by atoms with Crippen LogP contribution in [0.1, 0.15) is 16.1 Å². The summed E-state index contributed by atoms with van der Waals surface area (Å²) >= 11 is 1.51. The van der Waals surface area contributed by atoms with Gasteiger partial charge in [0.15, 0.2) is 0 Å². The zero-order valence-corrected chi connectivity index (χ0v) is 15.8. The van der Waals surface area contributed by atoms with Gasteiger partial charge in [-0.3, -0.25) is 4.79 Å². The van der Waals surface area contributed by atoms with Gasteiger partial charge in [0.25, 0.3) is 5.91 Å². The topological polar surface area (TPSA) is 92.5 Å². The molecular formula is C17H17N3O4S2. The minimum atomic E-state index is -3.59. The highest BCUT2D eigenvalue weighted by molar-refractivity contribution is 7.89. The number of nitrogens with one attached hydrogen (secondary N) is 1. The van der Waals surface area contributed by atoms with Gasteiger partial charge in [-0.15, -0.1) is 11.3 Å². The van der Waals surface area contributed by atoms with Crippen molar-refractivity contribution in [3.8, 4) is 10.8 Å². The van der Waals surface area contributed by atoms with Crippen LogP contribution in [-0.2, 0) is 16.6 Å². The van der Waals surface area contributed by atoms with E-state index in [1.807, 2.05) is 17.5 Å². The third-order valence-corrected chi connectivity index (χ3v) is 6.26. The summed E-state index contributed by atoms with van der Waals surface area (Å²) < 4.78 is 30.9. The maximum Gasteiger partial charge on any atom is 0.251 e. The molecule has 3 aromatic rings. The first-order chi connectivity index (χ1) is 12.4. The van der Waals surface area contributed by atoms with Crippen LogP contribution in [0.25, 0.3) is 10.8 Å². The number of aromatic nitrogens is 1. The molecule has 0 aliphatic heterocycles. The number of sulfonamides is 1. The van der Waals surface area contributed by atoms with Gasteiger partial charge in [0, 0.05) is 19.7 Å². The summed E-state index contributed by atoms with van der Waals surface area (Å²) in [6.45, 7) is 0.179. The quantitative estimate of drug-likeness (QED) is 0.697. The summed E-state index contributed by atoms with van der Waals surface area (Å²) in [6, 6.07) is 9.71. The molecule has 0 aliphatic carbocycles. The van der Waals surface area contributed by atoms with Gasteiger partial charge in [0.05, 0.1) is 22.0 Å². The Hall–Kier alpha value is -2.49. The molecule has 2 aromatic heterocycles. The first-order valence-electron chi connectivity index (χ1n) is 7.67. The molecule has 2 heterocycles. The van der Waals surface area contributed by atoms with Crippen molar-refractivity contribution < 1.29 is 17.6 Å². The molecule has 1 amide bonds. The Balaban J connectivity index is 1.69. The Morgan fingerprint density at radius 1 is 1.27 bits per heavy atom. The van der Waals surface area contributed by atoms with Gasteiger partial charge >= 0.3 is 0 Å². The number of hydrogen-bond acceptors (Lipinski definition) is 6. The average Bonchev–Trinajstić information content (AvgIpc) is 3.31. The number of carbonyl (C=O) groups is 1. The zero-order valence-electron chi connectivity index (χ0n) is 14.2. The molecule has 26 heavy (non-hydrogen) atoms. The SMILES string of the molecule is CN(C)S(=O)(=O)c1cccc(C(=O)NCc2coc(-c3cccs3)n2)c1. The highest BCUT2D eigenvalue weighted by Crippen LogP contribution is 2.23. The number of nitrogens with zero attached hydrogens (tertiary/aromatic N) is 2. The maximum atomic E-state index is 12.3. The first-order valence-corrected chi connectivity index (χ1v) is 9.99. The molecular weight excluding hydrogens is 374 g/mol. The predicted octanol–water partition coefficient (Wildman–Crippen LogP) is 2.58. The Bertz CT molecular complexity index is 1010. The van der Waals surface area contributed by atoms with E-state index >= 15 is 0 Å². The van der Waals surface area contributed by atoms with Crippen molar-refractivity contribution in [3.05, 3.63) is 59.3 Å². The van der Waals surface area contributed by atoms with Gasteiger partial charge in [-0.2, -0.15) is 0 Å². The number of thiophene rings is 1. The normalized spacial score (nSPS) is 11.7. The van der Waals surface area contributed by atoms with Crippen molar-refractivity contribution in [2.24, 2.45) is 0 Å². The van der Waals surface area contributed by atoms with Gasteiger partial charge in [-0.05, 0) is 29.6 Å². The van der Waals surface area contributed by atoms with Crippen LogP contribution in [0.3, 0.4) is 0 Å². The summed E-state index contributed by atoms with van der Waals surface area (Å²) in [5.74, 6) is 0.116. The van der Waals surface area contributed by atoms with E-state index in [4.69, 9.17) is 4.42 Å². The largest absolute Gasteiger partial charge is 0.443 e. The van der Waals surface area contributed by atoms with Crippen LogP contribution < -0.4 is 5.32 Å². The molecule has 136 valence electrons. The van der Waals surface area contributed by atoms with Crippen LogP contribution in [0.4, 0.5) is 0 Å². The number of amides is 1. The van der Waals surface area contributed by atoms with E-state index in [9.17, 15) is 13.2 Å². The van der Waals surface area contributed by atoms with Crippen molar-refractivity contribution in [1.82, 2.24) is 14.6 Å². The van der Waals surface area contributed by atoms with Crippen molar-refractivity contribution >= 4 is 27.3 Å². The fourth-order valence-corrected chi connectivity index (χ4v) is 3.79. The Labute approximate surface area is 155 Å². The van der Waals surface area contributed by atoms with Gasteiger partial charge in [0.2, 0.25) is 15.9 Å². The minimum absolute atomic E-state index is 0.0663. The fraction of sp³-hybridized carbons (Fsp3) is 0.176. The molecule has 1 N–H and O–H groups in total. The Morgan fingerprint density at radius 2 is 2.08 bits per heavy atom. The van der Waals surface area contributed by atoms with Crippen molar-refractivity contribution in [2.75, 3.05) is 14.1 Å². The third kappa shape index (κ3) is 3.85. The van der Waals surface area contributed by atoms with Gasteiger partial charge < -0.3 is 9.73 Å². The Morgan fingerprint density at radius 3 is 2.77 bits per heavy atom. The van der Waals surface area contributed by atoms with E-state index in [1.165, 1.54) is 49.9 Å². The average molecular weight is 391 g/mol. The maximum absolute atomic E-state index is 12.3. The summed E-state index contributed by atoms with van der Waals surface area (Å²) in [7, 11) is -0.710. The van der Waals surface area contributed by atoms with E-state index in [1.54, 1.807) is 6.07 Å². The molecule has 7 nitrogen and oxygen atoms in total. The van der Waals surface area contributed by atoms with Crippen LogP contribution in [0.2, 0.25) is 0 Å². The van der Waals surface area contributed by atoms with E-state index in [2.05, 4.69) is 10.3 Å². The molecule has 0 atom stereocenters. The van der Waals surface area contributed by atoms with Crippen molar-refractivity contribution in [2.45, 2.75) is 11.4 Å². The molecule has 3 rings (SSSR count). The van der Waals surface area contributed by atoms with Crippen LogP contribution in [0, 0.1) is 0 Å². The summed E-state index contributed by atoms with van der Waals surface area (Å²) in [5.41, 5.74) is 0.841. The molecule has 0 aliphatic rings. The van der Waals surface area contributed by atoms with Crippen LogP contribution in [-0.4, -0.2) is 37.7 Å². The summed E-state index contributed by atoms with van der Waals surface area (Å²) in [6.07, 6.45) is 1.49. The molecule has 0 unspecified atom stereocenters. The number of rotatable bonds is 6. The lowest BCUT2D eigenvalue weighted by molar-refractivity contribution is 0.0950. The lowest BCUT2D eigenvalue weighted by Crippen LogP contribution is -2.25. The van der Waals surface area contributed by atoms with Crippen molar-refractivity contribution in [3.63, 3.8) is 0 Å². The molecule has 0 saturated carbocycles. The minimum Gasteiger partial charge on any atom is -0.443 e. The predicted molar refractivity (Wildman–Crippen MR) is 98.3 cm³/mol. The molecule has 0 bridgehead atoms. The van der Waals surface area contributed by atoms with Crippen molar-refractivity contribution in [1.29, 1.82) is 0 Å². The highest BCUT2D eigenvalue weighted by Gasteiger charge is 2.19. The highest BCUT2D eigenvalue weighted by atomic mass is 32.2. The number of oxazole rings is 1. The smallest absolute Gasteiger partial charge is 0.251 e. The molecule has 9 heteroatoms. The van der Waals surface area contributed by atoms with Gasteiger partial charge in [-0.25, -0.2) is 17.7 Å². The number of carbonyl (C=O) groups excluding carboxylic acids is 1. The lowest BCUT2D eigenvalue weighted by Gasteiger charge is -2.12. The second-order valence-electron chi connectivity index (χ2n) is 5.62. The molecule has 0 fully saturated rings. The van der Waals surface area contributed by atoms with E-state index in [0.29, 0.717) is 11.6 Å². The zero-order chi connectivity index (χ0) is 18.7.